The number of hydrogen-bond donors (Lipinski definition) is 1. The average molecular weight is 552 g/mol. The lowest BCUT2D eigenvalue weighted by atomic mass is 9.93. The van der Waals surface area contributed by atoms with E-state index in [2.05, 4.69) is 15.5 Å². The van der Waals surface area contributed by atoms with Crippen LogP contribution in [0.3, 0.4) is 0 Å². The molecule has 0 spiro atoms. The molecule has 4 aromatic rings. The molecule has 2 heterocycles. The van der Waals surface area contributed by atoms with Crippen molar-refractivity contribution < 1.29 is 28.3 Å². The number of benzene rings is 2. The van der Waals surface area contributed by atoms with E-state index in [9.17, 15) is 33.1 Å². The van der Waals surface area contributed by atoms with Crippen LogP contribution in [0.15, 0.2) is 47.3 Å². The lowest BCUT2D eigenvalue weighted by Crippen LogP contribution is -2.47. The molecule has 40 heavy (non-hydrogen) atoms. The number of carboxylic acids is 1. The molecule has 1 aliphatic rings. The first kappa shape index (κ1) is 26.6. The molecule has 0 bridgehead atoms. The number of carbonyl (C=O) groups is 3. The van der Waals surface area contributed by atoms with Crippen molar-refractivity contribution in [3.8, 4) is 11.4 Å². The van der Waals surface area contributed by atoms with Gasteiger partial charge in [-0.2, -0.15) is 9.78 Å². The number of rotatable bonds is 6. The van der Waals surface area contributed by atoms with E-state index >= 15 is 0 Å². The number of carboxylic acid groups (broad SMARTS) is 1. The topological polar surface area (TPSA) is 145 Å². The van der Waals surface area contributed by atoms with Gasteiger partial charge in [-0.25, -0.2) is 27.8 Å². The van der Waals surface area contributed by atoms with Crippen LogP contribution in [0.2, 0.25) is 0 Å². The number of amides is 1. The third-order valence-corrected chi connectivity index (χ3v) is 6.81. The second-order valence-corrected chi connectivity index (χ2v) is 9.35. The van der Waals surface area contributed by atoms with E-state index in [-0.39, 0.29) is 28.7 Å². The van der Waals surface area contributed by atoms with Gasteiger partial charge in [0, 0.05) is 23.0 Å². The Morgan fingerprint density at radius 2 is 1.73 bits per heavy atom. The van der Waals surface area contributed by atoms with Gasteiger partial charge in [-0.15, -0.1) is 4.68 Å². The van der Waals surface area contributed by atoms with E-state index in [0.29, 0.717) is 34.2 Å². The minimum Gasteiger partial charge on any atom is -0.476 e. The first-order valence-corrected chi connectivity index (χ1v) is 12.4. The molecule has 1 aliphatic carbocycles. The number of anilines is 1. The molecule has 1 amide bonds. The Morgan fingerprint density at radius 3 is 2.35 bits per heavy atom. The van der Waals surface area contributed by atoms with E-state index in [4.69, 9.17) is 0 Å². The van der Waals surface area contributed by atoms with Crippen LogP contribution in [0.25, 0.3) is 11.4 Å². The summed E-state index contributed by atoms with van der Waals surface area (Å²) in [5, 5.41) is 20.5. The number of carbonyl (C=O) groups excluding carboxylic acids is 2. The van der Waals surface area contributed by atoms with E-state index in [1.807, 2.05) is 0 Å². The normalized spacial score (nSPS) is 13.8. The van der Waals surface area contributed by atoms with Crippen molar-refractivity contribution in [2.24, 2.45) is 0 Å². The van der Waals surface area contributed by atoms with Crippen molar-refractivity contribution >= 4 is 24.0 Å². The van der Waals surface area contributed by atoms with Gasteiger partial charge in [0.05, 0.1) is 5.69 Å². The maximum Gasteiger partial charge on any atom is 0.377 e. The zero-order valence-corrected chi connectivity index (χ0v) is 21.2. The highest BCUT2D eigenvalue weighted by atomic mass is 19.1. The number of aldehydes is 1. The van der Waals surface area contributed by atoms with Crippen LogP contribution < -0.4 is 10.6 Å². The van der Waals surface area contributed by atoms with E-state index in [1.54, 1.807) is 13.0 Å². The van der Waals surface area contributed by atoms with Crippen molar-refractivity contribution in [2.75, 3.05) is 4.90 Å². The molecule has 1 fully saturated rings. The molecule has 2 aromatic heterocycles. The second kappa shape index (κ2) is 10.6. The predicted molar refractivity (Wildman–Crippen MR) is 136 cm³/mol. The highest BCUT2D eigenvalue weighted by Crippen LogP contribution is 2.30. The Bertz CT molecular complexity index is 1670. The Balaban J connectivity index is 1.59. The summed E-state index contributed by atoms with van der Waals surface area (Å²) in [6.45, 7) is 1.63. The first-order chi connectivity index (χ1) is 19.2. The van der Waals surface area contributed by atoms with Gasteiger partial charge in [0.1, 0.15) is 5.69 Å². The summed E-state index contributed by atoms with van der Waals surface area (Å²) in [5.41, 5.74) is -1.00. The van der Waals surface area contributed by atoms with Gasteiger partial charge in [0.15, 0.2) is 23.6 Å². The summed E-state index contributed by atoms with van der Waals surface area (Å²) in [6, 6.07) is 7.60. The van der Waals surface area contributed by atoms with Crippen LogP contribution in [0.4, 0.5) is 19.3 Å². The molecular weight excluding hydrogens is 528 g/mol. The fraction of sp³-hybridized carbons (Fsp3) is 0.269. The van der Waals surface area contributed by atoms with Gasteiger partial charge >= 0.3 is 17.7 Å². The van der Waals surface area contributed by atoms with E-state index in [0.717, 1.165) is 37.5 Å². The van der Waals surface area contributed by atoms with Gasteiger partial charge in [0.2, 0.25) is 0 Å². The smallest absolute Gasteiger partial charge is 0.377 e. The number of hydrogen-bond acceptors (Lipinski definition) is 7. The number of aromatic nitrogens is 6. The predicted octanol–water partition coefficient (Wildman–Crippen LogP) is 3.52. The first-order valence-electron chi connectivity index (χ1n) is 12.4. The molecule has 206 valence electrons. The molecule has 0 radical (unpaired) electrons. The van der Waals surface area contributed by atoms with Crippen LogP contribution in [0.1, 0.15) is 58.6 Å². The van der Waals surface area contributed by atoms with Crippen LogP contribution in [0.5, 0.6) is 0 Å². The Morgan fingerprint density at radius 1 is 1.02 bits per heavy atom. The minimum atomic E-state index is -1.23. The third kappa shape index (κ3) is 4.67. The lowest BCUT2D eigenvalue weighted by molar-refractivity contribution is 0.0689. The van der Waals surface area contributed by atoms with Crippen LogP contribution in [-0.4, -0.2) is 59.0 Å². The maximum atomic E-state index is 14.3. The lowest BCUT2D eigenvalue weighted by Gasteiger charge is -2.34. The van der Waals surface area contributed by atoms with Crippen molar-refractivity contribution in [3.63, 3.8) is 0 Å². The van der Waals surface area contributed by atoms with Crippen molar-refractivity contribution in [2.45, 2.75) is 45.1 Å². The third-order valence-electron chi connectivity index (χ3n) is 6.81. The molecule has 0 saturated heterocycles. The van der Waals surface area contributed by atoms with E-state index in [1.165, 1.54) is 27.8 Å². The number of aromatic carboxylic acids is 1. The highest BCUT2D eigenvalue weighted by Gasteiger charge is 2.32. The Hall–Kier alpha value is -5.01. The Kier molecular flexibility index (Phi) is 7.07. The number of para-hydroxylation sites is 1. The summed E-state index contributed by atoms with van der Waals surface area (Å²) < 4.78 is 30.8. The largest absolute Gasteiger partial charge is 0.476 e. The number of aryl methyl sites for hydroxylation is 1. The molecule has 0 atom stereocenters. The quantitative estimate of drug-likeness (QED) is 0.283. The van der Waals surface area contributed by atoms with Crippen molar-refractivity contribution in [1.82, 2.24) is 29.6 Å². The summed E-state index contributed by atoms with van der Waals surface area (Å²) >= 11 is 0. The van der Waals surface area contributed by atoms with Gasteiger partial charge in [0.25, 0.3) is 0 Å². The van der Waals surface area contributed by atoms with Gasteiger partial charge in [-0.3, -0.25) is 9.69 Å². The molecular formula is C26H23F2N7O5. The summed E-state index contributed by atoms with van der Waals surface area (Å²) in [6.07, 6.45) is 4.36. The van der Waals surface area contributed by atoms with Gasteiger partial charge in [-0.1, -0.05) is 25.3 Å². The van der Waals surface area contributed by atoms with Crippen molar-refractivity contribution in [3.05, 3.63) is 81.5 Å². The highest BCUT2D eigenvalue weighted by molar-refractivity contribution is 5.95. The van der Waals surface area contributed by atoms with Gasteiger partial charge < -0.3 is 5.11 Å². The van der Waals surface area contributed by atoms with Crippen LogP contribution >= 0.6 is 0 Å². The Labute approximate surface area is 225 Å². The maximum absolute atomic E-state index is 14.3. The average Bonchev–Trinajstić information content (AvgIpc) is 3.52. The number of halogens is 2. The van der Waals surface area contributed by atoms with Crippen molar-refractivity contribution in [1.29, 1.82) is 0 Å². The van der Waals surface area contributed by atoms with Crippen LogP contribution in [0, 0.1) is 18.6 Å². The monoisotopic (exact) mass is 551 g/mol. The van der Waals surface area contributed by atoms with Gasteiger partial charge in [-0.05, 0) is 66.6 Å². The summed E-state index contributed by atoms with van der Waals surface area (Å²) in [5.74, 6) is -3.34. The fourth-order valence-corrected chi connectivity index (χ4v) is 4.92. The zero-order valence-electron chi connectivity index (χ0n) is 21.2. The molecule has 1 N–H and O–H groups in total. The fourth-order valence-electron chi connectivity index (χ4n) is 4.92. The van der Waals surface area contributed by atoms with E-state index < -0.39 is 35.0 Å². The molecule has 12 nitrogen and oxygen atoms in total. The molecule has 0 aliphatic heterocycles. The number of tetrazole rings is 1. The van der Waals surface area contributed by atoms with Crippen LogP contribution in [-0.2, 0) is 0 Å². The molecule has 2 aromatic carbocycles. The minimum absolute atomic E-state index is 0.110. The summed E-state index contributed by atoms with van der Waals surface area (Å²) in [4.78, 5) is 51.7. The molecule has 0 unspecified atom stereocenters. The zero-order chi connectivity index (χ0) is 28.6. The second-order valence-electron chi connectivity index (χ2n) is 9.35. The summed E-state index contributed by atoms with van der Waals surface area (Å²) in [7, 11) is 0. The standard InChI is InChI=1S/C26H23F2N7O5/c1-15-12-21(24(37)38)29-33(15)22-11-10-18(13-16(22)14-36)32(17-6-3-2-4-7-17)25(39)35-26(40)34(30-31-35)23-19(27)8-5-9-20(23)28/h5,8-14,17H,2-4,6-7H2,1H3,(H,37,38). The number of nitrogens with zero attached hydrogens (tertiary/aromatic N) is 7. The SMILES string of the molecule is Cc1cc(C(=O)O)nn1-c1ccc(N(C(=O)n2nnn(-c3c(F)cccc3F)c2=O)C2CCCCC2)cc1C=O. The molecule has 14 heteroatoms. The molecule has 1 saturated carbocycles. The molecule has 5 rings (SSSR count).